The van der Waals surface area contributed by atoms with E-state index >= 15 is 0 Å². The van der Waals surface area contributed by atoms with Crippen molar-refractivity contribution in [1.82, 2.24) is 14.8 Å². The van der Waals surface area contributed by atoms with Crippen LogP contribution in [0.1, 0.15) is 36.6 Å². The van der Waals surface area contributed by atoms with Crippen LogP contribution in [0.15, 0.2) is 48.4 Å². The fourth-order valence-corrected chi connectivity index (χ4v) is 2.59. The Morgan fingerprint density at radius 3 is 2.46 bits per heavy atom. The lowest BCUT2D eigenvalue weighted by atomic mass is 10.1. The first-order valence-corrected chi connectivity index (χ1v) is 8.01. The van der Waals surface area contributed by atoms with Crippen molar-refractivity contribution in [1.29, 1.82) is 0 Å². The largest absolute Gasteiger partial charge is 0.351 e. The minimum atomic E-state index is -0.380. The minimum absolute atomic E-state index is 0.273. The maximum atomic E-state index is 12.5. The molecule has 5 nitrogen and oxygen atoms in total. The van der Waals surface area contributed by atoms with Crippen molar-refractivity contribution in [2.75, 3.05) is 0 Å². The van der Waals surface area contributed by atoms with Gasteiger partial charge in [-0.15, -0.1) is 0 Å². The molecule has 5 heteroatoms. The van der Waals surface area contributed by atoms with Crippen LogP contribution in [0, 0.1) is 6.92 Å². The molecule has 124 valence electrons. The van der Waals surface area contributed by atoms with Crippen molar-refractivity contribution >= 4 is 18.0 Å². The Kier molecular flexibility index (Phi) is 4.25. The van der Waals surface area contributed by atoms with E-state index in [1.165, 1.54) is 4.90 Å². The lowest BCUT2D eigenvalue weighted by Gasteiger charge is -2.11. The summed E-state index contributed by atoms with van der Waals surface area (Å²) in [6.07, 6.45) is 5.64. The number of hydrogen-bond donors (Lipinski definition) is 1. The predicted molar refractivity (Wildman–Crippen MR) is 93.1 cm³/mol. The number of amides is 3. The molecule has 1 aromatic carbocycles. The number of rotatable bonds is 4. The van der Waals surface area contributed by atoms with Gasteiger partial charge < -0.3 is 9.88 Å². The second-order valence-corrected chi connectivity index (χ2v) is 6.35. The van der Waals surface area contributed by atoms with E-state index in [1.807, 2.05) is 49.6 Å². The number of carbonyl (C=O) groups is 2. The summed E-state index contributed by atoms with van der Waals surface area (Å²) in [5, 5.41) is 2.66. The zero-order chi connectivity index (χ0) is 17.3. The molecule has 0 spiro atoms. The van der Waals surface area contributed by atoms with Crippen LogP contribution in [0.5, 0.6) is 0 Å². The number of hydrogen-bond acceptors (Lipinski definition) is 2. The molecule has 0 bridgehead atoms. The molecular weight excluding hydrogens is 302 g/mol. The van der Waals surface area contributed by atoms with E-state index in [0.29, 0.717) is 11.7 Å². The highest BCUT2D eigenvalue weighted by Crippen LogP contribution is 2.18. The molecule has 0 aliphatic carbocycles. The lowest BCUT2D eigenvalue weighted by molar-refractivity contribution is -0.123. The standard InChI is InChI=1S/C19H21N3O2/c1-13(2)21-9-8-16(11-21)10-17-18(23)22(19(24)20-17)12-15-6-4-14(3)5-7-15/h4-11,13H,12H2,1-3H3,(H,20,24)/b17-10+. The second-order valence-electron chi connectivity index (χ2n) is 6.35. The van der Waals surface area contributed by atoms with Gasteiger partial charge in [0.15, 0.2) is 0 Å². The number of nitrogens with zero attached hydrogens (tertiary/aromatic N) is 2. The molecule has 2 aromatic rings. The van der Waals surface area contributed by atoms with E-state index in [4.69, 9.17) is 0 Å². The Morgan fingerprint density at radius 1 is 1.12 bits per heavy atom. The molecule has 0 saturated carbocycles. The molecule has 1 aliphatic heterocycles. The van der Waals surface area contributed by atoms with Gasteiger partial charge in [0.1, 0.15) is 5.70 Å². The Labute approximate surface area is 141 Å². The SMILES string of the molecule is Cc1ccc(CN2C(=O)N/C(=C/c3ccn(C(C)C)c3)C2=O)cc1. The van der Waals surface area contributed by atoms with Crippen LogP contribution in [-0.2, 0) is 11.3 Å². The molecule has 3 rings (SSSR count). The summed E-state index contributed by atoms with van der Waals surface area (Å²) < 4.78 is 2.05. The molecule has 0 atom stereocenters. The van der Waals surface area contributed by atoms with Gasteiger partial charge in [0.25, 0.3) is 5.91 Å². The van der Waals surface area contributed by atoms with Gasteiger partial charge in [0, 0.05) is 18.4 Å². The Hall–Kier alpha value is -2.82. The average Bonchev–Trinajstić information content (AvgIpc) is 3.10. The third-order valence-corrected chi connectivity index (χ3v) is 4.07. The third-order valence-electron chi connectivity index (χ3n) is 4.07. The monoisotopic (exact) mass is 323 g/mol. The summed E-state index contributed by atoms with van der Waals surface area (Å²) in [7, 11) is 0. The molecule has 3 amide bonds. The molecule has 24 heavy (non-hydrogen) atoms. The first kappa shape index (κ1) is 16.1. The summed E-state index contributed by atoms with van der Waals surface area (Å²) in [5.74, 6) is -0.294. The van der Waals surface area contributed by atoms with Crippen molar-refractivity contribution in [3.05, 3.63) is 65.1 Å². The highest BCUT2D eigenvalue weighted by molar-refractivity contribution is 6.13. The molecule has 1 N–H and O–H groups in total. The third kappa shape index (κ3) is 3.25. The maximum absolute atomic E-state index is 12.5. The molecule has 1 fully saturated rings. The number of benzene rings is 1. The summed E-state index contributed by atoms with van der Waals surface area (Å²) in [5.41, 5.74) is 3.28. The van der Waals surface area contributed by atoms with Crippen molar-refractivity contribution in [2.45, 2.75) is 33.4 Å². The van der Waals surface area contributed by atoms with Gasteiger partial charge in [0.05, 0.1) is 6.54 Å². The molecule has 2 heterocycles. The van der Waals surface area contributed by atoms with Gasteiger partial charge in [-0.2, -0.15) is 0 Å². The number of imide groups is 1. The molecule has 1 aliphatic rings. The van der Waals surface area contributed by atoms with E-state index in [-0.39, 0.29) is 18.5 Å². The van der Waals surface area contributed by atoms with E-state index < -0.39 is 0 Å². The average molecular weight is 323 g/mol. The van der Waals surface area contributed by atoms with Gasteiger partial charge in [-0.05, 0) is 44.0 Å². The maximum Gasteiger partial charge on any atom is 0.329 e. The van der Waals surface area contributed by atoms with Crippen molar-refractivity contribution in [3.63, 3.8) is 0 Å². The smallest absolute Gasteiger partial charge is 0.329 e. The number of nitrogens with one attached hydrogen (secondary N) is 1. The molecular formula is C19H21N3O2. The Bertz CT molecular complexity index is 800. The van der Waals surface area contributed by atoms with Crippen LogP contribution in [0.4, 0.5) is 4.79 Å². The highest BCUT2D eigenvalue weighted by atomic mass is 16.2. The van der Waals surface area contributed by atoms with Crippen LogP contribution in [-0.4, -0.2) is 21.4 Å². The first-order valence-electron chi connectivity index (χ1n) is 8.01. The van der Waals surface area contributed by atoms with E-state index in [0.717, 1.165) is 16.7 Å². The lowest BCUT2D eigenvalue weighted by Crippen LogP contribution is -2.30. The second kappa shape index (κ2) is 6.35. The number of aromatic nitrogens is 1. The highest BCUT2D eigenvalue weighted by Gasteiger charge is 2.33. The molecule has 0 unspecified atom stereocenters. The van der Waals surface area contributed by atoms with Crippen molar-refractivity contribution in [2.24, 2.45) is 0 Å². The van der Waals surface area contributed by atoms with Crippen molar-refractivity contribution in [3.8, 4) is 0 Å². The van der Waals surface area contributed by atoms with Crippen LogP contribution in [0.25, 0.3) is 6.08 Å². The summed E-state index contributed by atoms with van der Waals surface area (Å²) >= 11 is 0. The van der Waals surface area contributed by atoms with Gasteiger partial charge in [-0.3, -0.25) is 9.69 Å². The van der Waals surface area contributed by atoms with Gasteiger partial charge in [-0.1, -0.05) is 29.8 Å². The first-order chi connectivity index (χ1) is 11.4. The number of carbonyl (C=O) groups excluding carboxylic acids is 2. The fourth-order valence-electron chi connectivity index (χ4n) is 2.59. The predicted octanol–water partition coefficient (Wildman–Crippen LogP) is 3.47. The zero-order valence-electron chi connectivity index (χ0n) is 14.1. The van der Waals surface area contributed by atoms with E-state index in [9.17, 15) is 9.59 Å². The fraction of sp³-hybridized carbons (Fsp3) is 0.263. The van der Waals surface area contributed by atoms with Crippen LogP contribution in [0.2, 0.25) is 0 Å². The van der Waals surface area contributed by atoms with Crippen LogP contribution >= 0.6 is 0 Å². The minimum Gasteiger partial charge on any atom is -0.351 e. The Morgan fingerprint density at radius 2 is 1.83 bits per heavy atom. The van der Waals surface area contributed by atoms with Crippen LogP contribution in [0.3, 0.4) is 0 Å². The Balaban J connectivity index is 1.77. The van der Waals surface area contributed by atoms with Crippen molar-refractivity contribution < 1.29 is 9.59 Å². The van der Waals surface area contributed by atoms with Gasteiger partial charge in [-0.25, -0.2) is 4.79 Å². The summed E-state index contributed by atoms with van der Waals surface area (Å²) in [6.45, 7) is 6.45. The molecule has 1 aromatic heterocycles. The van der Waals surface area contributed by atoms with Gasteiger partial charge in [0.2, 0.25) is 0 Å². The van der Waals surface area contributed by atoms with Gasteiger partial charge >= 0.3 is 6.03 Å². The summed E-state index contributed by atoms with van der Waals surface area (Å²) in [6, 6.07) is 9.70. The topological polar surface area (TPSA) is 54.3 Å². The van der Waals surface area contributed by atoms with Crippen LogP contribution < -0.4 is 5.32 Å². The van der Waals surface area contributed by atoms with E-state index in [1.54, 1.807) is 6.08 Å². The van der Waals surface area contributed by atoms with E-state index in [2.05, 4.69) is 23.7 Å². The molecule has 1 saturated heterocycles. The number of urea groups is 1. The number of aryl methyl sites for hydroxylation is 1. The molecule has 0 radical (unpaired) electrons. The zero-order valence-corrected chi connectivity index (χ0v) is 14.1. The summed E-state index contributed by atoms with van der Waals surface area (Å²) in [4.78, 5) is 25.8. The normalized spacial score (nSPS) is 16.3. The quantitative estimate of drug-likeness (QED) is 0.692.